The lowest BCUT2D eigenvalue weighted by atomic mass is 10.1. The van der Waals surface area contributed by atoms with Gasteiger partial charge in [0.2, 0.25) is 0 Å². The maximum absolute atomic E-state index is 8.44. The minimum absolute atomic E-state index is 0.0770. The van der Waals surface area contributed by atoms with Crippen molar-refractivity contribution in [2.75, 3.05) is 6.61 Å². The Hall–Kier alpha value is -2.25. The molecule has 98 valence electrons. The van der Waals surface area contributed by atoms with E-state index in [1.165, 1.54) is 5.56 Å². The molecule has 4 nitrogen and oxygen atoms in total. The van der Waals surface area contributed by atoms with Crippen LogP contribution in [0, 0.1) is 11.3 Å². The molecule has 1 aromatic carbocycles. The molecule has 4 heteroatoms. The number of hydrogen-bond donors (Lipinski definition) is 1. The Kier molecular flexibility index (Phi) is 4.60. The van der Waals surface area contributed by atoms with Crippen LogP contribution in [0.5, 0.6) is 5.75 Å². The molecule has 0 radical (unpaired) electrons. The Labute approximate surface area is 112 Å². The summed E-state index contributed by atoms with van der Waals surface area (Å²) in [6.45, 7) is 2.95. The number of ether oxygens (including phenoxy) is 1. The molecular weight excluding hydrogens is 240 g/mol. The lowest BCUT2D eigenvalue weighted by molar-refractivity contribution is 0.368. The van der Waals surface area contributed by atoms with E-state index in [0.29, 0.717) is 5.75 Å². The third-order valence-electron chi connectivity index (χ3n) is 2.88. The van der Waals surface area contributed by atoms with Crippen molar-refractivity contribution in [1.29, 1.82) is 5.26 Å². The van der Waals surface area contributed by atoms with Gasteiger partial charge < -0.3 is 14.5 Å². The maximum Gasteiger partial charge on any atom is 0.174 e. The number of furan rings is 1. The predicted octanol–water partition coefficient (Wildman–Crippen LogP) is 3.03. The topological polar surface area (TPSA) is 58.2 Å². The predicted molar refractivity (Wildman–Crippen MR) is 71.5 cm³/mol. The molecule has 2 rings (SSSR count). The van der Waals surface area contributed by atoms with Crippen LogP contribution in [0.15, 0.2) is 47.3 Å². The number of nitrogens with one attached hydrogen (secondary N) is 1. The van der Waals surface area contributed by atoms with Gasteiger partial charge in [0.1, 0.15) is 11.8 Å². The van der Waals surface area contributed by atoms with E-state index in [4.69, 9.17) is 14.4 Å². The van der Waals surface area contributed by atoms with Crippen LogP contribution in [0.3, 0.4) is 0 Å². The van der Waals surface area contributed by atoms with Crippen molar-refractivity contribution >= 4 is 0 Å². The van der Waals surface area contributed by atoms with Crippen LogP contribution in [0.2, 0.25) is 0 Å². The van der Waals surface area contributed by atoms with E-state index in [0.717, 1.165) is 12.1 Å². The van der Waals surface area contributed by atoms with Crippen molar-refractivity contribution < 1.29 is 9.15 Å². The Morgan fingerprint density at radius 3 is 2.74 bits per heavy atom. The molecule has 0 spiro atoms. The van der Waals surface area contributed by atoms with E-state index in [2.05, 4.69) is 12.2 Å². The third kappa shape index (κ3) is 3.87. The molecule has 0 amide bonds. The van der Waals surface area contributed by atoms with Crippen LogP contribution in [0.25, 0.3) is 0 Å². The smallest absolute Gasteiger partial charge is 0.174 e. The average Bonchev–Trinajstić information content (AvgIpc) is 2.96. The zero-order chi connectivity index (χ0) is 13.5. The summed E-state index contributed by atoms with van der Waals surface area (Å²) in [6, 6.07) is 11.9. The molecule has 0 saturated carbocycles. The van der Waals surface area contributed by atoms with Gasteiger partial charge in [0, 0.05) is 18.2 Å². The van der Waals surface area contributed by atoms with Crippen molar-refractivity contribution in [3.8, 4) is 11.8 Å². The number of rotatable bonds is 6. The highest BCUT2D eigenvalue weighted by Crippen LogP contribution is 2.18. The first-order valence-electron chi connectivity index (χ1n) is 6.14. The Balaban J connectivity index is 1.88. The van der Waals surface area contributed by atoms with Crippen LogP contribution >= 0.6 is 0 Å². The zero-order valence-electron chi connectivity index (χ0n) is 10.8. The molecule has 1 atom stereocenters. The van der Waals surface area contributed by atoms with Gasteiger partial charge in [-0.25, -0.2) is 0 Å². The maximum atomic E-state index is 8.44. The van der Waals surface area contributed by atoms with Crippen molar-refractivity contribution in [1.82, 2.24) is 5.32 Å². The highest BCUT2D eigenvalue weighted by atomic mass is 16.5. The standard InChI is InChI=1S/C15H16N2O2/c1-12(17-10-13-6-8-18-11-13)14-2-4-15(5-3-14)19-9-7-16/h2-6,8,11-12,17H,9-10H2,1H3. The second-order valence-electron chi connectivity index (χ2n) is 4.25. The van der Waals surface area contributed by atoms with Crippen LogP contribution < -0.4 is 10.1 Å². The highest BCUT2D eigenvalue weighted by Gasteiger charge is 2.05. The molecule has 0 bridgehead atoms. The van der Waals surface area contributed by atoms with Crippen LogP contribution in [0.4, 0.5) is 0 Å². The molecule has 0 aliphatic carbocycles. The molecule has 0 saturated heterocycles. The Morgan fingerprint density at radius 1 is 1.32 bits per heavy atom. The SMILES string of the molecule is CC(NCc1ccoc1)c1ccc(OCC#N)cc1. The second kappa shape index (κ2) is 6.62. The highest BCUT2D eigenvalue weighted by molar-refractivity contribution is 5.29. The molecule has 0 aliphatic heterocycles. The number of benzene rings is 1. The zero-order valence-corrected chi connectivity index (χ0v) is 10.8. The van der Waals surface area contributed by atoms with Crippen LogP contribution in [-0.2, 0) is 6.54 Å². The fourth-order valence-corrected chi connectivity index (χ4v) is 1.75. The number of nitriles is 1. The van der Waals surface area contributed by atoms with Gasteiger partial charge in [0.25, 0.3) is 0 Å². The molecule has 1 aromatic heterocycles. The van der Waals surface area contributed by atoms with E-state index in [1.807, 2.05) is 36.4 Å². The average molecular weight is 256 g/mol. The van der Waals surface area contributed by atoms with E-state index in [9.17, 15) is 0 Å². The molecule has 2 aromatic rings. The first-order chi connectivity index (χ1) is 9.29. The fraction of sp³-hybridized carbons (Fsp3) is 0.267. The van der Waals surface area contributed by atoms with E-state index in [1.54, 1.807) is 12.5 Å². The number of nitrogens with zero attached hydrogens (tertiary/aromatic N) is 1. The van der Waals surface area contributed by atoms with Crippen molar-refractivity contribution in [2.24, 2.45) is 0 Å². The summed E-state index contributed by atoms with van der Waals surface area (Å²) < 4.78 is 10.2. The van der Waals surface area contributed by atoms with Gasteiger partial charge in [0.15, 0.2) is 6.61 Å². The Morgan fingerprint density at radius 2 is 2.11 bits per heavy atom. The summed E-state index contributed by atoms with van der Waals surface area (Å²) >= 11 is 0. The van der Waals surface area contributed by atoms with Gasteiger partial charge in [-0.15, -0.1) is 0 Å². The molecule has 1 N–H and O–H groups in total. The minimum atomic E-state index is 0.0770. The van der Waals surface area contributed by atoms with Gasteiger partial charge in [-0.2, -0.15) is 5.26 Å². The summed E-state index contributed by atoms with van der Waals surface area (Å²) in [5.74, 6) is 0.715. The van der Waals surface area contributed by atoms with Crippen molar-refractivity contribution in [3.63, 3.8) is 0 Å². The molecule has 1 unspecified atom stereocenters. The quantitative estimate of drug-likeness (QED) is 0.863. The molecule has 0 fully saturated rings. The van der Waals surface area contributed by atoms with Gasteiger partial charge in [-0.05, 0) is 30.7 Å². The summed E-state index contributed by atoms with van der Waals surface area (Å²) in [5.41, 5.74) is 2.30. The molecule has 0 aliphatic rings. The molecular formula is C15H16N2O2. The largest absolute Gasteiger partial charge is 0.479 e. The number of hydrogen-bond acceptors (Lipinski definition) is 4. The van der Waals surface area contributed by atoms with Crippen LogP contribution in [-0.4, -0.2) is 6.61 Å². The van der Waals surface area contributed by atoms with Gasteiger partial charge >= 0.3 is 0 Å². The van der Waals surface area contributed by atoms with E-state index in [-0.39, 0.29) is 12.6 Å². The van der Waals surface area contributed by atoms with E-state index >= 15 is 0 Å². The fourth-order valence-electron chi connectivity index (χ4n) is 1.75. The van der Waals surface area contributed by atoms with Gasteiger partial charge in [-0.3, -0.25) is 0 Å². The third-order valence-corrected chi connectivity index (χ3v) is 2.88. The molecule has 19 heavy (non-hydrogen) atoms. The Bertz CT molecular complexity index is 526. The normalized spacial score (nSPS) is 11.8. The monoisotopic (exact) mass is 256 g/mol. The second-order valence-corrected chi connectivity index (χ2v) is 4.25. The van der Waals surface area contributed by atoms with Gasteiger partial charge in [0.05, 0.1) is 12.5 Å². The summed E-state index contributed by atoms with van der Waals surface area (Å²) in [5, 5.41) is 11.8. The summed E-state index contributed by atoms with van der Waals surface area (Å²) in [7, 11) is 0. The first-order valence-corrected chi connectivity index (χ1v) is 6.14. The van der Waals surface area contributed by atoms with Crippen molar-refractivity contribution in [3.05, 3.63) is 54.0 Å². The first kappa shape index (κ1) is 13.2. The summed E-state index contributed by atoms with van der Waals surface area (Å²) in [4.78, 5) is 0. The van der Waals surface area contributed by atoms with Gasteiger partial charge in [-0.1, -0.05) is 12.1 Å². The minimum Gasteiger partial charge on any atom is -0.479 e. The summed E-state index contributed by atoms with van der Waals surface area (Å²) in [6.07, 6.45) is 3.40. The van der Waals surface area contributed by atoms with Crippen LogP contribution in [0.1, 0.15) is 24.1 Å². The molecule has 1 heterocycles. The lowest BCUT2D eigenvalue weighted by Crippen LogP contribution is -2.17. The van der Waals surface area contributed by atoms with E-state index < -0.39 is 0 Å². The van der Waals surface area contributed by atoms with Crippen molar-refractivity contribution in [2.45, 2.75) is 19.5 Å². The lowest BCUT2D eigenvalue weighted by Gasteiger charge is -2.14.